The number of carbonyl (C=O) groups excluding carboxylic acids is 1. The molecular weight excluding hydrogens is 264 g/mol. The largest absolute Gasteiger partial charge is 0.355 e. The SMILES string of the molecule is CN1CCN(CCNC(=O)CCC2CCCC(N)C2)CC1. The first-order valence-electron chi connectivity index (χ1n) is 8.56. The quantitative estimate of drug-likeness (QED) is 0.755. The van der Waals surface area contributed by atoms with Crippen LogP contribution in [0.25, 0.3) is 0 Å². The maximum Gasteiger partial charge on any atom is 0.220 e. The minimum absolute atomic E-state index is 0.211. The average Bonchev–Trinajstić information content (AvgIpc) is 2.47. The standard InChI is InChI=1S/C16H32N4O/c1-19-9-11-20(12-10-19)8-7-18-16(21)6-5-14-3-2-4-15(17)13-14/h14-15H,2-13,17H2,1H3,(H,18,21). The van der Waals surface area contributed by atoms with Crippen molar-refractivity contribution in [1.29, 1.82) is 0 Å². The zero-order valence-corrected chi connectivity index (χ0v) is 13.5. The minimum Gasteiger partial charge on any atom is -0.355 e. The number of likely N-dealkylation sites (N-methyl/N-ethyl adjacent to an activating group) is 1. The average molecular weight is 296 g/mol. The summed E-state index contributed by atoms with van der Waals surface area (Å²) in [5.74, 6) is 0.875. The summed E-state index contributed by atoms with van der Waals surface area (Å²) in [7, 11) is 2.16. The molecule has 1 saturated carbocycles. The summed E-state index contributed by atoms with van der Waals surface area (Å²) < 4.78 is 0. The van der Waals surface area contributed by atoms with Gasteiger partial charge in [0, 0.05) is 51.7 Å². The Labute approximate surface area is 129 Å². The highest BCUT2D eigenvalue weighted by molar-refractivity contribution is 5.75. The van der Waals surface area contributed by atoms with Crippen molar-refractivity contribution < 1.29 is 4.79 Å². The van der Waals surface area contributed by atoms with Gasteiger partial charge in [0.15, 0.2) is 0 Å². The van der Waals surface area contributed by atoms with E-state index in [0.29, 0.717) is 18.4 Å². The van der Waals surface area contributed by atoms with Crippen LogP contribution in [0.2, 0.25) is 0 Å². The number of nitrogens with two attached hydrogens (primary N) is 1. The second-order valence-electron chi connectivity index (χ2n) is 6.83. The van der Waals surface area contributed by atoms with Crippen molar-refractivity contribution in [1.82, 2.24) is 15.1 Å². The Hall–Kier alpha value is -0.650. The monoisotopic (exact) mass is 296 g/mol. The molecule has 0 spiro atoms. The number of rotatable bonds is 6. The fourth-order valence-corrected chi connectivity index (χ4v) is 3.44. The Morgan fingerprint density at radius 3 is 2.71 bits per heavy atom. The molecule has 2 unspecified atom stereocenters. The van der Waals surface area contributed by atoms with Crippen LogP contribution in [0, 0.1) is 5.92 Å². The van der Waals surface area contributed by atoms with Crippen molar-refractivity contribution in [2.45, 2.75) is 44.6 Å². The van der Waals surface area contributed by atoms with Crippen LogP contribution >= 0.6 is 0 Å². The highest BCUT2D eigenvalue weighted by Crippen LogP contribution is 2.26. The van der Waals surface area contributed by atoms with E-state index in [-0.39, 0.29) is 5.91 Å². The van der Waals surface area contributed by atoms with Crippen LogP contribution in [-0.4, -0.2) is 68.1 Å². The van der Waals surface area contributed by atoms with E-state index in [1.807, 2.05) is 0 Å². The van der Waals surface area contributed by atoms with Gasteiger partial charge in [-0.05, 0) is 32.2 Å². The number of hydrogen-bond donors (Lipinski definition) is 2. The predicted molar refractivity (Wildman–Crippen MR) is 86.1 cm³/mol. The third kappa shape index (κ3) is 6.32. The van der Waals surface area contributed by atoms with Gasteiger partial charge in [0.25, 0.3) is 0 Å². The molecule has 2 atom stereocenters. The van der Waals surface area contributed by atoms with E-state index in [2.05, 4.69) is 22.2 Å². The molecule has 3 N–H and O–H groups in total. The fraction of sp³-hybridized carbons (Fsp3) is 0.938. The van der Waals surface area contributed by atoms with Gasteiger partial charge in [-0.15, -0.1) is 0 Å². The van der Waals surface area contributed by atoms with E-state index in [9.17, 15) is 4.79 Å². The molecular formula is C16H32N4O. The van der Waals surface area contributed by atoms with Crippen LogP contribution in [-0.2, 0) is 4.79 Å². The van der Waals surface area contributed by atoms with E-state index in [4.69, 9.17) is 5.73 Å². The Morgan fingerprint density at radius 2 is 2.00 bits per heavy atom. The van der Waals surface area contributed by atoms with Crippen molar-refractivity contribution in [2.75, 3.05) is 46.3 Å². The minimum atomic E-state index is 0.211. The molecule has 0 aromatic rings. The smallest absolute Gasteiger partial charge is 0.220 e. The maximum absolute atomic E-state index is 11.9. The van der Waals surface area contributed by atoms with Gasteiger partial charge in [-0.3, -0.25) is 9.69 Å². The number of carbonyl (C=O) groups is 1. The molecule has 122 valence electrons. The normalized spacial score (nSPS) is 28.5. The molecule has 0 bridgehead atoms. The second kappa shape index (κ2) is 8.71. The summed E-state index contributed by atoms with van der Waals surface area (Å²) in [6, 6.07) is 0.365. The van der Waals surface area contributed by atoms with E-state index >= 15 is 0 Å². The van der Waals surface area contributed by atoms with Gasteiger partial charge in [0.1, 0.15) is 0 Å². The van der Waals surface area contributed by atoms with Crippen molar-refractivity contribution in [3.05, 3.63) is 0 Å². The summed E-state index contributed by atoms with van der Waals surface area (Å²) in [5, 5.41) is 3.07. The molecule has 2 rings (SSSR count). The molecule has 0 radical (unpaired) electrons. The summed E-state index contributed by atoms with van der Waals surface area (Å²) in [6.07, 6.45) is 6.43. The number of nitrogens with zero attached hydrogens (tertiary/aromatic N) is 2. The predicted octanol–water partition coefficient (Wildman–Crippen LogP) is 0.648. The molecule has 5 nitrogen and oxygen atoms in total. The van der Waals surface area contributed by atoms with E-state index in [0.717, 1.165) is 58.5 Å². The lowest BCUT2D eigenvalue weighted by atomic mass is 9.83. The van der Waals surface area contributed by atoms with Gasteiger partial charge >= 0.3 is 0 Å². The maximum atomic E-state index is 11.9. The summed E-state index contributed by atoms with van der Waals surface area (Å²) in [4.78, 5) is 16.7. The molecule has 5 heteroatoms. The lowest BCUT2D eigenvalue weighted by molar-refractivity contribution is -0.121. The molecule has 0 aromatic carbocycles. The zero-order valence-electron chi connectivity index (χ0n) is 13.5. The molecule has 1 saturated heterocycles. The first kappa shape index (κ1) is 16.7. The van der Waals surface area contributed by atoms with Gasteiger partial charge in [0.05, 0.1) is 0 Å². The Morgan fingerprint density at radius 1 is 1.24 bits per heavy atom. The van der Waals surface area contributed by atoms with Crippen molar-refractivity contribution in [3.63, 3.8) is 0 Å². The Balaban J connectivity index is 1.51. The van der Waals surface area contributed by atoms with Crippen LogP contribution in [0.5, 0.6) is 0 Å². The fourth-order valence-electron chi connectivity index (χ4n) is 3.44. The van der Waals surface area contributed by atoms with Crippen LogP contribution in [0.15, 0.2) is 0 Å². The third-order valence-corrected chi connectivity index (χ3v) is 4.95. The van der Waals surface area contributed by atoms with Crippen LogP contribution in [0.1, 0.15) is 38.5 Å². The van der Waals surface area contributed by atoms with E-state index in [1.165, 1.54) is 12.8 Å². The number of hydrogen-bond acceptors (Lipinski definition) is 4. The van der Waals surface area contributed by atoms with Gasteiger partial charge in [-0.2, -0.15) is 0 Å². The van der Waals surface area contributed by atoms with E-state index < -0.39 is 0 Å². The van der Waals surface area contributed by atoms with Crippen LogP contribution in [0.4, 0.5) is 0 Å². The molecule has 1 aliphatic carbocycles. The highest BCUT2D eigenvalue weighted by atomic mass is 16.1. The van der Waals surface area contributed by atoms with Gasteiger partial charge < -0.3 is 16.0 Å². The molecule has 2 aliphatic rings. The summed E-state index contributed by atoms with van der Waals surface area (Å²) in [6.45, 7) is 6.27. The lowest BCUT2D eigenvalue weighted by Crippen LogP contribution is -2.46. The first-order chi connectivity index (χ1) is 10.1. The Bertz CT molecular complexity index is 315. The molecule has 1 heterocycles. The van der Waals surface area contributed by atoms with Crippen molar-refractivity contribution in [2.24, 2.45) is 11.7 Å². The number of nitrogens with one attached hydrogen (secondary N) is 1. The van der Waals surface area contributed by atoms with Crippen LogP contribution in [0.3, 0.4) is 0 Å². The van der Waals surface area contributed by atoms with Gasteiger partial charge in [0.2, 0.25) is 5.91 Å². The van der Waals surface area contributed by atoms with Crippen molar-refractivity contribution >= 4 is 5.91 Å². The molecule has 1 aliphatic heterocycles. The molecule has 1 amide bonds. The molecule has 21 heavy (non-hydrogen) atoms. The number of piperazine rings is 1. The molecule has 2 fully saturated rings. The number of amides is 1. The van der Waals surface area contributed by atoms with Crippen molar-refractivity contribution in [3.8, 4) is 0 Å². The topological polar surface area (TPSA) is 61.6 Å². The molecule has 0 aromatic heterocycles. The van der Waals surface area contributed by atoms with Gasteiger partial charge in [-0.25, -0.2) is 0 Å². The zero-order chi connectivity index (χ0) is 15.1. The van der Waals surface area contributed by atoms with E-state index in [1.54, 1.807) is 0 Å². The summed E-state index contributed by atoms with van der Waals surface area (Å²) in [5.41, 5.74) is 5.99. The third-order valence-electron chi connectivity index (χ3n) is 4.95. The lowest BCUT2D eigenvalue weighted by Gasteiger charge is -2.32. The second-order valence-corrected chi connectivity index (χ2v) is 6.83. The van der Waals surface area contributed by atoms with Gasteiger partial charge in [-0.1, -0.05) is 12.8 Å². The summed E-state index contributed by atoms with van der Waals surface area (Å²) >= 11 is 0. The Kier molecular flexibility index (Phi) is 6.93. The highest BCUT2D eigenvalue weighted by Gasteiger charge is 2.20. The first-order valence-corrected chi connectivity index (χ1v) is 8.56. The van der Waals surface area contributed by atoms with Crippen LogP contribution < -0.4 is 11.1 Å².